The molecule has 1 heterocycles. The molecule has 0 aliphatic rings. The lowest BCUT2D eigenvalue weighted by Gasteiger charge is -2.12. The van der Waals surface area contributed by atoms with Crippen molar-refractivity contribution in [2.75, 3.05) is 14.2 Å². The number of halogens is 1. The van der Waals surface area contributed by atoms with E-state index in [0.717, 1.165) is 0 Å². The number of carbonyl (C=O) groups is 1. The zero-order chi connectivity index (χ0) is 14.0. The maximum atomic E-state index is 10.8. The van der Waals surface area contributed by atoms with Crippen LogP contribution in [-0.4, -0.2) is 30.5 Å². The number of hydrogen-bond acceptors (Lipinski definition) is 5. The molecule has 1 aromatic heterocycles. The van der Waals surface area contributed by atoms with Crippen LogP contribution in [0.1, 0.15) is 10.6 Å². The number of hydrogen-bond donors (Lipinski definition) is 1. The highest BCUT2D eigenvalue weighted by Crippen LogP contribution is 2.42. The Morgan fingerprint density at radius 3 is 2.63 bits per heavy atom. The lowest BCUT2D eigenvalue weighted by Crippen LogP contribution is -1.94. The number of methoxy groups -OCH3 is 2. The standard InChI is InChI=1S/C12H10ClNO5/c1-17-8-4-3-6(13)11(18-2)10(8)7-5-9(12(15)16)19-14-7/h3-5H,1-2H3,(H,15,16). The Balaban J connectivity index is 2.64. The van der Waals surface area contributed by atoms with Crippen molar-refractivity contribution in [3.63, 3.8) is 0 Å². The third-order valence-corrected chi connectivity index (χ3v) is 2.77. The minimum absolute atomic E-state index is 0.272. The highest BCUT2D eigenvalue weighted by molar-refractivity contribution is 6.32. The molecule has 0 aliphatic heterocycles. The average molecular weight is 284 g/mol. The van der Waals surface area contributed by atoms with E-state index in [2.05, 4.69) is 5.16 Å². The van der Waals surface area contributed by atoms with Crippen molar-refractivity contribution in [1.82, 2.24) is 5.16 Å². The van der Waals surface area contributed by atoms with Crippen molar-refractivity contribution < 1.29 is 23.9 Å². The summed E-state index contributed by atoms with van der Waals surface area (Å²) in [4.78, 5) is 10.8. The van der Waals surface area contributed by atoms with Gasteiger partial charge < -0.3 is 19.1 Å². The molecule has 2 rings (SSSR count). The van der Waals surface area contributed by atoms with Crippen LogP contribution in [0.3, 0.4) is 0 Å². The van der Waals surface area contributed by atoms with Crippen molar-refractivity contribution in [2.24, 2.45) is 0 Å². The van der Waals surface area contributed by atoms with E-state index in [1.165, 1.54) is 20.3 Å². The second-order valence-electron chi connectivity index (χ2n) is 3.54. The lowest BCUT2D eigenvalue weighted by molar-refractivity contribution is 0.0652. The Hall–Kier alpha value is -2.21. The van der Waals surface area contributed by atoms with Crippen LogP contribution < -0.4 is 9.47 Å². The summed E-state index contributed by atoms with van der Waals surface area (Å²) >= 11 is 6.02. The Labute approximate surface area is 113 Å². The summed E-state index contributed by atoms with van der Waals surface area (Å²) < 4.78 is 15.1. The summed E-state index contributed by atoms with van der Waals surface area (Å²) in [6.45, 7) is 0. The van der Waals surface area contributed by atoms with Crippen molar-refractivity contribution >= 4 is 17.6 Å². The van der Waals surface area contributed by atoms with Crippen molar-refractivity contribution in [1.29, 1.82) is 0 Å². The van der Waals surface area contributed by atoms with Gasteiger partial charge in [0.05, 0.1) is 24.8 Å². The molecule has 0 saturated carbocycles. The molecule has 0 radical (unpaired) electrons. The first-order chi connectivity index (χ1) is 9.08. The van der Waals surface area contributed by atoms with Gasteiger partial charge in [0.2, 0.25) is 5.76 Å². The Morgan fingerprint density at radius 2 is 2.11 bits per heavy atom. The van der Waals surface area contributed by atoms with E-state index in [0.29, 0.717) is 22.1 Å². The van der Waals surface area contributed by atoms with E-state index in [1.54, 1.807) is 12.1 Å². The fraction of sp³-hybridized carbons (Fsp3) is 0.167. The van der Waals surface area contributed by atoms with E-state index < -0.39 is 5.97 Å². The highest BCUT2D eigenvalue weighted by Gasteiger charge is 2.21. The van der Waals surface area contributed by atoms with Gasteiger partial charge in [-0.15, -0.1) is 0 Å². The monoisotopic (exact) mass is 283 g/mol. The van der Waals surface area contributed by atoms with Gasteiger partial charge in [0, 0.05) is 6.07 Å². The molecule has 1 N–H and O–H groups in total. The van der Waals surface area contributed by atoms with Crippen LogP contribution in [0.25, 0.3) is 11.3 Å². The number of carboxylic acid groups (broad SMARTS) is 1. The minimum atomic E-state index is -1.21. The number of rotatable bonds is 4. The summed E-state index contributed by atoms with van der Waals surface area (Å²) in [7, 11) is 2.92. The molecule has 0 bridgehead atoms. The molecule has 1 aromatic carbocycles. The summed E-state index contributed by atoms with van der Waals surface area (Å²) in [6.07, 6.45) is 0. The smallest absolute Gasteiger partial charge is 0.374 e. The third-order valence-electron chi connectivity index (χ3n) is 2.47. The summed E-state index contributed by atoms with van der Waals surface area (Å²) in [5.74, 6) is -0.699. The van der Waals surface area contributed by atoms with Gasteiger partial charge in [0.15, 0.2) is 5.75 Å². The molecule has 7 heteroatoms. The Morgan fingerprint density at radius 1 is 1.37 bits per heavy atom. The molecular weight excluding hydrogens is 274 g/mol. The molecule has 0 atom stereocenters. The number of aromatic nitrogens is 1. The number of carboxylic acids is 1. The molecule has 0 saturated heterocycles. The quantitative estimate of drug-likeness (QED) is 0.929. The van der Waals surface area contributed by atoms with Crippen LogP contribution in [0, 0.1) is 0 Å². The summed E-state index contributed by atoms with van der Waals surface area (Å²) in [6, 6.07) is 4.52. The molecule has 6 nitrogen and oxygen atoms in total. The largest absolute Gasteiger partial charge is 0.496 e. The van der Waals surface area contributed by atoms with Crippen LogP contribution in [-0.2, 0) is 0 Å². The Bertz CT molecular complexity index is 623. The van der Waals surface area contributed by atoms with Gasteiger partial charge in [-0.1, -0.05) is 16.8 Å². The number of aromatic carboxylic acids is 1. The van der Waals surface area contributed by atoms with Gasteiger partial charge in [-0.3, -0.25) is 0 Å². The molecule has 0 aliphatic carbocycles. The molecule has 0 fully saturated rings. The maximum Gasteiger partial charge on any atom is 0.374 e. The topological polar surface area (TPSA) is 81.8 Å². The van der Waals surface area contributed by atoms with E-state index in [-0.39, 0.29) is 11.5 Å². The maximum absolute atomic E-state index is 10.8. The third kappa shape index (κ3) is 2.34. The van der Waals surface area contributed by atoms with Crippen LogP contribution >= 0.6 is 11.6 Å². The van der Waals surface area contributed by atoms with Crippen molar-refractivity contribution in [2.45, 2.75) is 0 Å². The first-order valence-corrected chi connectivity index (χ1v) is 5.57. The normalized spacial score (nSPS) is 10.3. The van der Waals surface area contributed by atoms with Crippen LogP contribution in [0.2, 0.25) is 5.02 Å². The molecule has 0 unspecified atom stereocenters. The van der Waals surface area contributed by atoms with Crippen molar-refractivity contribution in [3.05, 3.63) is 29.0 Å². The highest BCUT2D eigenvalue weighted by atomic mass is 35.5. The second-order valence-corrected chi connectivity index (χ2v) is 3.95. The van der Waals surface area contributed by atoms with Crippen LogP contribution in [0.15, 0.2) is 22.7 Å². The lowest BCUT2D eigenvalue weighted by atomic mass is 10.1. The molecule has 100 valence electrons. The summed E-state index contributed by atoms with van der Waals surface area (Å²) in [5, 5.41) is 12.9. The van der Waals surface area contributed by atoms with Crippen molar-refractivity contribution in [3.8, 4) is 22.8 Å². The van der Waals surface area contributed by atoms with Gasteiger partial charge in [0.1, 0.15) is 11.4 Å². The fourth-order valence-corrected chi connectivity index (χ4v) is 1.88. The Kier molecular flexibility index (Phi) is 3.62. The predicted octanol–water partition coefficient (Wildman–Crippen LogP) is 2.71. The zero-order valence-corrected chi connectivity index (χ0v) is 10.9. The number of benzene rings is 1. The van der Waals surface area contributed by atoms with Crippen LogP contribution in [0.5, 0.6) is 11.5 Å². The van der Waals surface area contributed by atoms with Gasteiger partial charge in [-0.2, -0.15) is 0 Å². The van der Waals surface area contributed by atoms with E-state index in [1.807, 2.05) is 0 Å². The summed E-state index contributed by atoms with van der Waals surface area (Å²) in [5.41, 5.74) is 0.711. The molecule has 19 heavy (non-hydrogen) atoms. The molecular formula is C12H10ClNO5. The zero-order valence-electron chi connectivity index (χ0n) is 10.1. The average Bonchev–Trinajstić information content (AvgIpc) is 2.87. The first-order valence-electron chi connectivity index (χ1n) is 5.19. The van der Waals surface area contributed by atoms with E-state index >= 15 is 0 Å². The van der Waals surface area contributed by atoms with Gasteiger partial charge in [0.25, 0.3) is 0 Å². The fourth-order valence-electron chi connectivity index (χ4n) is 1.65. The SMILES string of the molecule is COc1ccc(Cl)c(OC)c1-c1cc(C(=O)O)on1. The number of nitrogens with zero attached hydrogens (tertiary/aromatic N) is 1. The minimum Gasteiger partial charge on any atom is -0.496 e. The van der Waals surface area contributed by atoms with Gasteiger partial charge >= 0.3 is 5.97 Å². The van der Waals surface area contributed by atoms with E-state index in [4.69, 9.17) is 30.7 Å². The molecule has 2 aromatic rings. The van der Waals surface area contributed by atoms with E-state index in [9.17, 15) is 4.79 Å². The molecule has 0 spiro atoms. The van der Waals surface area contributed by atoms with Gasteiger partial charge in [-0.05, 0) is 12.1 Å². The predicted molar refractivity (Wildman–Crippen MR) is 67.0 cm³/mol. The molecule has 0 amide bonds. The number of ether oxygens (including phenoxy) is 2. The van der Waals surface area contributed by atoms with Crippen LogP contribution in [0.4, 0.5) is 0 Å². The second kappa shape index (κ2) is 5.19. The first kappa shape index (κ1) is 13.2. The van der Waals surface area contributed by atoms with Gasteiger partial charge in [-0.25, -0.2) is 4.79 Å².